The molecule has 5 nitrogen and oxygen atoms in total. The van der Waals surface area contributed by atoms with E-state index in [9.17, 15) is 5.11 Å². The summed E-state index contributed by atoms with van der Waals surface area (Å²) in [7, 11) is 3.78. The summed E-state index contributed by atoms with van der Waals surface area (Å²) in [6.45, 7) is 8.27. The highest BCUT2D eigenvalue weighted by Crippen LogP contribution is 2.31. The van der Waals surface area contributed by atoms with Gasteiger partial charge in [-0.25, -0.2) is 0 Å². The fourth-order valence-electron chi connectivity index (χ4n) is 2.53. The number of hydrogen-bond acceptors (Lipinski definition) is 3. The van der Waals surface area contributed by atoms with Crippen LogP contribution in [0.2, 0.25) is 0 Å². The Kier molecular flexibility index (Phi) is 4.31. The van der Waals surface area contributed by atoms with Crippen LogP contribution >= 0.6 is 15.9 Å². The second-order valence-corrected chi connectivity index (χ2v) is 7.34. The number of aliphatic hydroxyl groups excluding tert-OH is 1. The van der Waals surface area contributed by atoms with E-state index < -0.39 is 6.10 Å². The van der Waals surface area contributed by atoms with Gasteiger partial charge < -0.3 is 5.11 Å². The van der Waals surface area contributed by atoms with Crippen molar-refractivity contribution in [2.45, 2.75) is 45.6 Å². The molecule has 0 radical (unpaired) electrons. The van der Waals surface area contributed by atoms with Crippen molar-refractivity contribution in [1.29, 1.82) is 0 Å². The number of rotatable bonds is 3. The number of aryl methyl sites for hydroxylation is 3. The molecule has 2 heterocycles. The molecule has 0 aliphatic rings. The van der Waals surface area contributed by atoms with E-state index in [1.165, 1.54) is 0 Å². The molecule has 2 aromatic rings. The Morgan fingerprint density at radius 2 is 1.90 bits per heavy atom. The van der Waals surface area contributed by atoms with Gasteiger partial charge in [0.05, 0.1) is 27.7 Å². The van der Waals surface area contributed by atoms with E-state index in [0.717, 1.165) is 27.1 Å². The van der Waals surface area contributed by atoms with Crippen molar-refractivity contribution >= 4 is 15.9 Å². The van der Waals surface area contributed by atoms with Gasteiger partial charge in [0.2, 0.25) is 0 Å². The molecule has 0 saturated carbocycles. The summed E-state index contributed by atoms with van der Waals surface area (Å²) in [6, 6.07) is 0. The molecule has 1 N–H and O–H groups in total. The van der Waals surface area contributed by atoms with Gasteiger partial charge in [-0.1, -0.05) is 20.8 Å². The largest absolute Gasteiger partial charge is 0.388 e. The van der Waals surface area contributed by atoms with Gasteiger partial charge in [-0.3, -0.25) is 9.36 Å². The van der Waals surface area contributed by atoms with E-state index in [4.69, 9.17) is 0 Å². The van der Waals surface area contributed by atoms with Crippen LogP contribution in [0.25, 0.3) is 0 Å². The van der Waals surface area contributed by atoms with E-state index >= 15 is 0 Å². The second kappa shape index (κ2) is 5.57. The lowest BCUT2D eigenvalue weighted by molar-refractivity contribution is 0.173. The van der Waals surface area contributed by atoms with Gasteiger partial charge in [0, 0.05) is 37.7 Å². The molecular formula is C15H23BrN4O. The Morgan fingerprint density at radius 3 is 2.38 bits per heavy atom. The lowest BCUT2D eigenvalue weighted by Gasteiger charge is -2.20. The molecular weight excluding hydrogens is 332 g/mol. The first-order chi connectivity index (χ1) is 9.61. The van der Waals surface area contributed by atoms with Crippen LogP contribution in [-0.2, 0) is 25.9 Å². The van der Waals surface area contributed by atoms with E-state index in [2.05, 4.69) is 46.9 Å². The molecule has 0 bridgehead atoms. The lowest BCUT2D eigenvalue weighted by Crippen LogP contribution is -2.17. The molecule has 0 saturated heterocycles. The summed E-state index contributed by atoms with van der Waals surface area (Å²) in [5.74, 6) is 0. The summed E-state index contributed by atoms with van der Waals surface area (Å²) in [6.07, 6.45) is 1.81. The molecule has 0 aliphatic heterocycles. The Morgan fingerprint density at radius 1 is 1.29 bits per heavy atom. The first kappa shape index (κ1) is 16.2. The molecule has 0 aliphatic carbocycles. The third-order valence-corrected chi connectivity index (χ3v) is 4.61. The van der Waals surface area contributed by atoms with Crippen molar-refractivity contribution in [2.75, 3.05) is 0 Å². The topological polar surface area (TPSA) is 55.9 Å². The summed E-state index contributed by atoms with van der Waals surface area (Å²) in [5, 5.41) is 19.6. The Labute approximate surface area is 134 Å². The van der Waals surface area contributed by atoms with Crippen LogP contribution in [-0.4, -0.2) is 24.7 Å². The zero-order valence-electron chi connectivity index (χ0n) is 13.5. The fraction of sp³-hybridized carbons (Fsp3) is 0.600. The molecule has 21 heavy (non-hydrogen) atoms. The highest BCUT2D eigenvalue weighted by atomic mass is 79.9. The normalized spacial score (nSPS) is 13.7. The third kappa shape index (κ3) is 3.21. The van der Waals surface area contributed by atoms with E-state index in [0.29, 0.717) is 6.42 Å². The van der Waals surface area contributed by atoms with Crippen molar-refractivity contribution < 1.29 is 5.11 Å². The summed E-state index contributed by atoms with van der Waals surface area (Å²) in [4.78, 5) is 0. The molecule has 116 valence electrons. The smallest absolute Gasteiger partial charge is 0.0879 e. The first-order valence-corrected chi connectivity index (χ1v) is 7.80. The predicted octanol–water partition coefficient (Wildman–Crippen LogP) is 2.80. The molecule has 0 aromatic carbocycles. The van der Waals surface area contributed by atoms with E-state index in [1.807, 2.05) is 31.9 Å². The number of aromatic nitrogens is 4. The molecule has 2 aromatic heterocycles. The maximum absolute atomic E-state index is 10.7. The van der Waals surface area contributed by atoms with Crippen LogP contribution in [0.5, 0.6) is 0 Å². The van der Waals surface area contributed by atoms with Gasteiger partial charge in [-0.05, 0) is 22.9 Å². The number of nitrogens with zero attached hydrogens (tertiary/aromatic N) is 4. The second-order valence-electron chi connectivity index (χ2n) is 6.55. The minimum Gasteiger partial charge on any atom is -0.388 e. The van der Waals surface area contributed by atoms with Gasteiger partial charge in [0.15, 0.2) is 0 Å². The van der Waals surface area contributed by atoms with Gasteiger partial charge in [-0.15, -0.1) is 0 Å². The number of aliphatic hydroxyl groups is 1. The fourth-order valence-corrected chi connectivity index (χ4v) is 3.03. The van der Waals surface area contributed by atoms with Gasteiger partial charge >= 0.3 is 0 Å². The van der Waals surface area contributed by atoms with Crippen molar-refractivity contribution in [2.24, 2.45) is 14.1 Å². The average Bonchev–Trinajstić information content (AvgIpc) is 2.85. The summed E-state index contributed by atoms with van der Waals surface area (Å²) in [5.41, 5.74) is 3.64. The lowest BCUT2D eigenvalue weighted by atomic mass is 9.87. The summed E-state index contributed by atoms with van der Waals surface area (Å²) < 4.78 is 4.54. The van der Waals surface area contributed by atoms with Gasteiger partial charge in [0.25, 0.3) is 0 Å². The molecule has 1 unspecified atom stereocenters. The molecule has 0 fully saturated rings. The number of hydrogen-bond donors (Lipinski definition) is 1. The third-order valence-electron chi connectivity index (χ3n) is 3.57. The Bertz CT molecular complexity index is 651. The average molecular weight is 355 g/mol. The van der Waals surface area contributed by atoms with Crippen LogP contribution < -0.4 is 0 Å². The van der Waals surface area contributed by atoms with Crippen LogP contribution in [0.3, 0.4) is 0 Å². The molecule has 2 rings (SSSR count). The predicted molar refractivity (Wildman–Crippen MR) is 86.2 cm³/mol. The molecule has 0 spiro atoms. The maximum Gasteiger partial charge on any atom is 0.0879 e. The van der Waals surface area contributed by atoms with Crippen LogP contribution in [0.1, 0.15) is 49.5 Å². The van der Waals surface area contributed by atoms with Crippen LogP contribution in [0.4, 0.5) is 0 Å². The van der Waals surface area contributed by atoms with E-state index in [-0.39, 0.29) is 5.41 Å². The molecule has 6 heteroatoms. The Hall–Kier alpha value is -1.14. The van der Waals surface area contributed by atoms with Crippen LogP contribution in [0, 0.1) is 6.92 Å². The monoisotopic (exact) mass is 354 g/mol. The molecule has 0 amide bonds. The molecule has 1 atom stereocenters. The highest BCUT2D eigenvalue weighted by molar-refractivity contribution is 9.10. The van der Waals surface area contributed by atoms with Crippen molar-refractivity contribution in [3.8, 4) is 0 Å². The minimum atomic E-state index is -0.598. The quantitative estimate of drug-likeness (QED) is 0.921. The van der Waals surface area contributed by atoms with Crippen molar-refractivity contribution in [1.82, 2.24) is 19.6 Å². The maximum atomic E-state index is 10.7. The van der Waals surface area contributed by atoms with Crippen LogP contribution in [0.15, 0.2) is 10.7 Å². The Balaban J connectivity index is 2.35. The zero-order chi connectivity index (χ0) is 15.9. The summed E-state index contributed by atoms with van der Waals surface area (Å²) >= 11 is 3.55. The first-order valence-electron chi connectivity index (χ1n) is 7.01. The zero-order valence-corrected chi connectivity index (χ0v) is 15.1. The highest BCUT2D eigenvalue weighted by Gasteiger charge is 2.27. The van der Waals surface area contributed by atoms with Gasteiger partial charge in [0.1, 0.15) is 0 Å². The standard InChI is InChI=1S/C15H23BrN4O/c1-9-13(16)11(20(6)17-9)7-12(21)10-8-19(5)18-14(10)15(2,3)4/h8,12,21H,7H2,1-6H3. The van der Waals surface area contributed by atoms with E-state index in [1.54, 1.807) is 4.68 Å². The SMILES string of the molecule is Cc1nn(C)c(CC(O)c2cn(C)nc2C(C)(C)C)c1Br. The number of halogens is 1. The minimum absolute atomic E-state index is 0.100. The van der Waals surface area contributed by atoms with Crippen molar-refractivity contribution in [3.05, 3.63) is 33.3 Å². The van der Waals surface area contributed by atoms with Crippen molar-refractivity contribution in [3.63, 3.8) is 0 Å². The van der Waals surface area contributed by atoms with Gasteiger partial charge in [-0.2, -0.15) is 10.2 Å².